The van der Waals surface area contributed by atoms with Gasteiger partial charge in [0, 0.05) is 4.90 Å². The van der Waals surface area contributed by atoms with Gasteiger partial charge in [0.2, 0.25) is 0 Å². The van der Waals surface area contributed by atoms with Crippen LogP contribution in [0.25, 0.3) is 0 Å². The monoisotopic (exact) mass is 288 g/mol. The Morgan fingerprint density at radius 3 is 2.28 bits per heavy atom. The molecule has 4 nitrogen and oxygen atoms in total. The van der Waals surface area contributed by atoms with Crippen LogP contribution in [0.3, 0.4) is 0 Å². The molecule has 0 fully saturated rings. The minimum Gasteiger partial charge on any atom is -0.479 e. The fourth-order valence-electron chi connectivity index (χ4n) is 1.45. The summed E-state index contributed by atoms with van der Waals surface area (Å²) in [6, 6.07) is 4.72. The van der Waals surface area contributed by atoms with Crippen LogP contribution in [0.1, 0.15) is 29.5 Å². The Hall–Kier alpha value is -1.04. The molecule has 1 aromatic rings. The zero-order valence-electron chi connectivity index (χ0n) is 9.88. The standard InChI is InChI=1S/C12H13ClO4S/c1-6(14)10(13)7-3-8(11(15)12(16)17)5-9(4-7)18-2/h3-5,10-11,15H,1-2H3,(H,16,17). The number of aliphatic hydroxyl groups excluding tert-OH is 1. The molecule has 0 saturated carbocycles. The molecule has 98 valence electrons. The van der Waals surface area contributed by atoms with Crippen LogP contribution in [-0.4, -0.2) is 28.2 Å². The summed E-state index contributed by atoms with van der Waals surface area (Å²) in [5.41, 5.74) is 0.711. The average molecular weight is 289 g/mol. The normalized spacial score (nSPS) is 14.0. The predicted octanol–water partition coefficient (Wildman–Crippen LogP) is 2.40. The van der Waals surface area contributed by atoms with E-state index in [-0.39, 0.29) is 11.3 Å². The first-order chi connectivity index (χ1) is 8.36. The lowest BCUT2D eigenvalue weighted by atomic mass is 10.0. The number of carbonyl (C=O) groups is 2. The molecule has 0 amide bonds. The number of benzene rings is 1. The first kappa shape index (κ1) is 15.0. The van der Waals surface area contributed by atoms with Crippen molar-refractivity contribution < 1.29 is 19.8 Å². The summed E-state index contributed by atoms with van der Waals surface area (Å²) in [5.74, 6) is -1.57. The van der Waals surface area contributed by atoms with E-state index in [1.807, 2.05) is 6.26 Å². The van der Waals surface area contributed by atoms with Crippen molar-refractivity contribution in [2.75, 3.05) is 6.26 Å². The summed E-state index contributed by atoms with van der Waals surface area (Å²) in [6.45, 7) is 1.36. The van der Waals surface area contributed by atoms with E-state index in [0.29, 0.717) is 5.56 Å². The van der Waals surface area contributed by atoms with E-state index in [1.165, 1.54) is 24.8 Å². The average Bonchev–Trinajstić information content (AvgIpc) is 2.35. The van der Waals surface area contributed by atoms with Gasteiger partial charge in [-0.05, 0) is 36.4 Å². The molecule has 0 aliphatic carbocycles. The highest BCUT2D eigenvalue weighted by Gasteiger charge is 2.20. The molecular weight excluding hydrogens is 276 g/mol. The minimum atomic E-state index is -1.62. The maximum atomic E-state index is 11.2. The summed E-state index contributed by atoms with van der Waals surface area (Å²) in [4.78, 5) is 22.7. The van der Waals surface area contributed by atoms with Crippen molar-refractivity contribution in [3.8, 4) is 0 Å². The van der Waals surface area contributed by atoms with Crippen molar-refractivity contribution in [2.45, 2.75) is 23.3 Å². The Kier molecular flexibility index (Phi) is 5.19. The minimum absolute atomic E-state index is 0.219. The van der Waals surface area contributed by atoms with Crippen LogP contribution in [0.5, 0.6) is 0 Å². The second-order valence-electron chi connectivity index (χ2n) is 3.75. The lowest BCUT2D eigenvalue weighted by molar-refractivity contribution is -0.146. The molecule has 2 N–H and O–H groups in total. The second-order valence-corrected chi connectivity index (χ2v) is 5.07. The molecule has 2 atom stereocenters. The third-order valence-electron chi connectivity index (χ3n) is 2.39. The van der Waals surface area contributed by atoms with Crippen molar-refractivity contribution in [1.29, 1.82) is 0 Å². The van der Waals surface area contributed by atoms with E-state index in [9.17, 15) is 14.7 Å². The summed E-state index contributed by atoms with van der Waals surface area (Å²) in [6.07, 6.45) is 0.194. The highest BCUT2D eigenvalue weighted by atomic mass is 35.5. The van der Waals surface area contributed by atoms with E-state index in [0.717, 1.165) is 4.90 Å². The number of hydrogen-bond donors (Lipinski definition) is 2. The number of Topliss-reactive ketones (excluding diaryl/α,β-unsaturated/α-hetero) is 1. The number of hydrogen-bond acceptors (Lipinski definition) is 4. The highest BCUT2D eigenvalue weighted by Crippen LogP contribution is 2.29. The van der Waals surface area contributed by atoms with Crippen molar-refractivity contribution in [3.05, 3.63) is 29.3 Å². The van der Waals surface area contributed by atoms with Gasteiger partial charge in [-0.1, -0.05) is 6.07 Å². The van der Waals surface area contributed by atoms with Crippen LogP contribution < -0.4 is 0 Å². The zero-order chi connectivity index (χ0) is 13.9. The molecule has 0 aromatic heterocycles. The zero-order valence-corrected chi connectivity index (χ0v) is 11.5. The maximum absolute atomic E-state index is 11.2. The largest absolute Gasteiger partial charge is 0.479 e. The number of aliphatic hydroxyl groups is 1. The van der Waals surface area contributed by atoms with E-state index >= 15 is 0 Å². The molecule has 6 heteroatoms. The van der Waals surface area contributed by atoms with Gasteiger partial charge >= 0.3 is 5.97 Å². The van der Waals surface area contributed by atoms with Gasteiger partial charge in [-0.15, -0.1) is 23.4 Å². The van der Waals surface area contributed by atoms with Crippen molar-refractivity contribution in [1.82, 2.24) is 0 Å². The molecule has 0 heterocycles. The number of aliphatic carboxylic acids is 1. The third kappa shape index (κ3) is 3.48. The Morgan fingerprint density at radius 1 is 1.28 bits per heavy atom. The molecule has 0 spiro atoms. The third-order valence-corrected chi connectivity index (χ3v) is 3.65. The van der Waals surface area contributed by atoms with Gasteiger partial charge in [-0.3, -0.25) is 4.79 Å². The summed E-state index contributed by atoms with van der Waals surface area (Å²) >= 11 is 7.32. The fourth-order valence-corrected chi connectivity index (χ4v) is 2.08. The van der Waals surface area contributed by atoms with Gasteiger partial charge in [-0.25, -0.2) is 4.79 Å². The summed E-state index contributed by atoms with van der Waals surface area (Å²) in [5, 5.41) is 17.5. The summed E-state index contributed by atoms with van der Waals surface area (Å²) in [7, 11) is 0. The first-order valence-electron chi connectivity index (χ1n) is 5.11. The number of ketones is 1. The van der Waals surface area contributed by atoms with Gasteiger partial charge in [0.25, 0.3) is 0 Å². The van der Waals surface area contributed by atoms with Gasteiger partial charge in [0.05, 0.1) is 0 Å². The number of rotatable bonds is 5. The summed E-state index contributed by atoms with van der Waals surface area (Å²) < 4.78 is 0. The molecule has 0 radical (unpaired) electrons. The number of carbonyl (C=O) groups excluding carboxylic acids is 1. The predicted molar refractivity (Wildman–Crippen MR) is 70.1 cm³/mol. The molecule has 0 aliphatic heterocycles. The Labute approximate surface area is 114 Å². The van der Waals surface area contributed by atoms with Gasteiger partial charge in [0.15, 0.2) is 11.9 Å². The van der Waals surface area contributed by atoms with E-state index in [1.54, 1.807) is 12.1 Å². The molecule has 1 aromatic carbocycles. The number of carboxylic acids is 1. The Balaban J connectivity index is 3.25. The van der Waals surface area contributed by atoms with Gasteiger partial charge in [0.1, 0.15) is 5.38 Å². The lowest BCUT2D eigenvalue weighted by Crippen LogP contribution is -2.12. The molecule has 1 rings (SSSR count). The lowest BCUT2D eigenvalue weighted by Gasteiger charge is -2.13. The smallest absolute Gasteiger partial charge is 0.337 e. The quantitative estimate of drug-likeness (QED) is 0.643. The van der Waals surface area contributed by atoms with Crippen LogP contribution in [0.15, 0.2) is 23.1 Å². The Bertz CT molecular complexity index is 437. The molecule has 0 aliphatic rings. The molecule has 2 unspecified atom stereocenters. The molecular formula is C12H13ClO4S. The van der Waals surface area contributed by atoms with Crippen LogP contribution in [0.2, 0.25) is 0 Å². The Morgan fingerprint density at radius 2 is 1.83 bits per heavy atom. The topological polar surface area (TPSA) is 74.6 Å². The van der Waals surface area contributed by atoms with E-state index in [2.05, 4.69) is 0 Å². The van der Waals surface area contributed by atoms with E-state index < -0.39 is 17.5 Å². The highest BCUT2D eigenvalue weighted by molar-refractivity contribution is 7.98. The SMILES string of the molecule is CSc1cc(C(O)C(=O)O)cc(C(Cl)C(C)=O)c1. The number of alkyl halides is 1. The van der Waals surface area contributed by atoms with Crippen molar-refractivity contribution in [3.63, 3.8) is 0 Å². The van der Waals surface area contributed by atoms with Crippen molar-refractivity contribution >= 4 is 35.1 Å². The first-order valence-corrected chi connectivity index (χ1v) is 6.77. The van der Waals surface area contributed by atoms with Crippen LogP contribution >= 0.6 is 23.4 Å². The second kappa shape index (κ2) is 6.22. The molecule has 0 bridgehead atoms. The van der Waals surface area contributed by atoms with E-state index in [4.69, 9.17) is 16.7 Å². The number of halogens is 1. The van der Waals surface area contributed by atoms with Crippen LogP contribution in [0.4, 0.5) is 0 Å². The molecule has 18 heavy (non-hydrogen) atoms. The number of carboxylic acid groups (broad SMARTS) is 1. The van der Waals surface area contributed by atoms with Crippen molar-refractivity contribution in [2.24, 2.45) is 0 Å². The van der Waals surface area contributed by atoms with Crippen LogP contribution in [0, 0.1) is 0 Å². The maximum Gasteiger partial charge on any atom is 0.337 e. The molecule has 0 saturated heterocycles. The van der Waals surface area contributed by atoms with Gasteiger partial charge in [-0.2, -0.15) is 0 Å². The number of thioether (sulfide) groups is 1. The van der Waals surface area contributed by atoms with Gasteiger partial charge < -0.3 is 10.2 Å². The fraction of sp³-hybridized carbons (Fsp3) is 0.333. The van der Waals surface area contributed by atoms with Crippen LogP contribution in [-0.2, 0) is 9.59 Å².